The summed E-state index contributed by atoms with van der Waals surface area (Å²) in [5, 5.41) is 1.88. The van der Waals surface area contributed by atoms with Crippen molar-refractivity contribution >= 4 is 52.5 Å². The van der Waals surface area contributed by atoms with Gasteiger partial charge >= 0.3 is 0 Å². The molecule has 8 heteroatoms. The third-order valence-electron chi connectivity index (χ3n) is 5.98. The quantitative estimate of drug-likeness (QED) is 0.260. The summed E-state index contributed by atoms with van der Waals surface area (Å²) in [6.45, 7) is 0.295. The van der Waals surface area contributed by atoms with Crippen molar-refractivity contribution in [3.63, 3.8) is 0 Å². The van der Waals surface area contributed by atoms with E-state index in [1.165, 1.54) is 34.0 Å². The topological polar surface area (TPSA) is 60.7 Å². The van der Waals surface area contributed by atoms with E-state index < -0.39 is 0 Å². The van der Waals surface area contributed by atoms with Gasteiger partial charge in [-0.25, -0.2) is 4.98 Å². The number of nitrogens with zero attached hydrogens (tertiary/aromatic N) is 4. The summed E-state index contributed by atoms with van der Waals surface area (Å²) in [4.78, 5) is 25.4. The minimum absolute atomic E-state index is 0.0898. The first kappa shape index (κ1) is 20.1. The van der Waals surface area contributed by atoms with Crippen molar-refractivity contribution in [3.8, 4) is 0 Å². The van der Waals surface area contributed by atoms with E-state index in [1.54, 1.807) is 11.8 Å². The van der Waals surface area contributed by atoms with Crippen molar-refractivity contribution in [3.05, 3.63) is 81.5 Å². The van der Waals surface area contributed by atoms with Gasteiger partial charge in [-0.1, -0.05) is 30.1 Å². The third kappa shape index (κ3) is 3.37. The van der Waals surface area contributed by atoms with Crippen molar-refractivity contribution in [2.24, 2.45) is 0 Å². The van der Waals surface area contributed by atoms with Gasteiger partial charge in [-0.3, -0.25) is 14.8 Å². The monoisotopic (exact) mass is 474 g/mol. The molecule has 158 valence electrons. The second-order valence-electron chi connectivity index (χ2n) is 7.92. The van der Waals surface area contributed by atoms with Crippen LogP contribution in [0.3, 0.4) is 0 Å². The number of hydrogen-bond donors (Lipinski definition) is 0. The molecule has 0 N–H and O–H groups in total. The molecule has 6 rings (SSSR count). The maximum absolute atomic E-state index is 12.2. The zero-order chi connectivity index (χ0) is 21.7. The molecule has 0 saturated carbocycles. The van der Waals surface area contributed by atoms with Crippen LogP contribution in [0.2, 0.25) is 0 Å². The summed E-state index contributed by atoms with van der Waals surface area (Å²) < 4.78 is 2.62. The SMILES string of the molecule is O=C1Cn2c(nc3c(c2=S)C2=C(CCC/C2=C\c2ccncc2)C(c2ccncc2)S3)S1. The lowest BCUT2D eigenvalue weighted by Crippen LogP contribution is -2.17. The molecule has 0 radical (unpaired) electrons. The Morgan fingerprint density at radius 1 is 1.06 bits per heavy atom. The van der Waals surface area contributed by atoms with Gasteiger partial charge in [0.05, 0.1) is 11.8 Å². The van der Waals surface area contributed by atoms with Crippen LogP contribution in [0.1, 0.15) is 41.2 Å². The maximum Gasteiger partial charge on any atom is 0.216 e. The van der Waals surface area contributed by atoms with Crippen LogP contribution in [-0.4, -0.2) is 24.6 Å². The molecule has 0 saturated heterocycles. The van der Waals surface area contributed by atoms with E-state index in [2.05, 4.69) is 28.2 Å². The van der Waals surface area contributed by atoms with Crippen LogP contribution in [0.4, 0.5) is 0 Å². The number of thioether (sulfide) groups is 2. The highest BCUT2D eigenvalue weighted by Crippen LogP contribution is 2.56. The van der Waals surface area contributed by atoms with Gasteiger partial charge in [0.25, 0.3) is 0 Å². The molecule has 5 nitrogen and oxygen atoms in total. The molecular formula is C24H18N4OS3. The zero-order valence-electron chi connectivity index (χ0n) is 17.0. The Morgan fingerprint density at radius 2 is 1.81 bits per heavy atom. The summed E-state index contributed by atoms with van der Waals surface area (Å²) in [5.41, 5.74) is 7.26. The molecule has 3 aromatic rings. The minimum Gasteiger partial charge on any atom is -0.302 e. The molecule has 2 aliphatic heterocycles. The predicted molar refractivity (Wildman–Crippen MR) is 130 cm³/mol. The lowest BCUT2D eigenvalue weighted by molar-refractivity contribution is -0.111. The number of carbonyl (C=O) groups excluding carboxylic acids is 1. The first-order valence-electron chi connectivity index (χ1n) is 10.5. The van der Waals surface area contributed by atoms with Crippen LogP contribution in [0.25, 0.3) is 11.6 Å². The molecule has 0 spiro atoms. The lowest BCUT2D eigenvalue weighted by atomic mass is 9.80. The van der Waals surface area contributed by atoms with Crippen molar-refractivity contribution in [1.82, 2.24) is 19.5 Å². The van der Waals surface area contributed by atoms with E-state index >= 15 is 0 Å². The molecule has 3 aliphatic rings. The second-order valence-corrected chi connectivity index (χ2v) is 10.4. The van der Waals surface area contributed by atoms with Gasteiger partial charge in [-0.2, -0.15) is 0 Å². The number of rotatable bonds is 2. The standard InChI is InChI=1S/C24H18N4OS3/c29-18-13-28-23(30)20-19-16(12-14-4-8-25-9-5-14)2-1-3-17(19)21(15-6-10-26-11-7-15)32-22(20)27-24(28)31-18/h4-12,21H,1-3,13H2/b16-12+. The largest absolute Gasteiger partial charge is 0.302 e. The van der Waals surface area contributed by atoms with E-state index in [9.17, 15) is 4.79 Å². The van der Waals surface area contributed by atoms with Crippen molar-refractivity contribution in [2.45, 2.75) is 41.2 Å². The summed E-state index contributed by atoms with van der Waals surface area (Å²) >= 11 is 8.90. The molecule has 5 heterocycles. The van der Waals surface area contributed by atoms with E-state index in [1.807, 2.05) is 41.5 Å². The molecule has 0 aromatic carbocycles. The van der Waals surface area contributed by atoms with Gasteiger partial charge in [0.15, 0.2) is 5.16 Å². The van der Waals surface area contributed by atoms with Crippen LogP contribution in [-0.2, 0) is 11.3 Å². The smallest absolute Gasteiger partial charge is 0.216 e. The van der Waals surface area contributed by atoms with Gasteiger partial charge < -0.3 is 4.57 Å². The first-order valence-corrected chi connectivity index (χ1v) is 12.6. The van der Waals surface area contributed by atoms with E-state index in [0.29, 0.717) is 11.7 Å². The fourth-order valence-corrected chi connectivity index (χ4v) is 7.28. The van der Waals surface area contributed by atoms with Gasteiger partial charge in [0, 0.05) is 30.4 Å². The normalized spacial score (nSPS) is 20.8. The number of fused-ring (bicyclic) bond motifs is 3. The van der Waals surface area contributed by atoms with Gasteiger partial charge in [0.1, 0.15) is 9.67 Å². The summed E-state index contributed by atoms with van der Waals surface area (Å²) in [5.74, 6) is 0. The Morgan fingerprint density at radius 3 is 2.59 bits per heavy atom. The molecule has 32 heavy (non-hydrogen) atoms. The average Bonchev–Trinajstić information content (AvgIpc) is 3.20. The lowest BCUT2D eigenvalue weighted by Gasteiger charge is -2.34. The highest BCUT2D eigenvalue weighted by Gasteiger charge is 2.36. The molecule has 1 aliphatic carbocycles. The van der Waals surface area contributed by atoms with Crippen molar-refractivity contribution in [1.29, 1.82) is 0 Å². The number of allylic oxidation sites excluding steroid dienone is 2. The van der Waals surface area contributed by atoms with Crippen molar-refractivity contribution < 1.29 is 4.79 Å². The summed E-state index contributed by atoms with van der Waals surface area (Å²) in [6.07, 6.45) is 12.7. The Bertz CT molecular complexity index is 1360. The Hall–Kier alpha value is -2.55. The van der Waals surface area contributed by atoms with E-state index in [-0.39, 0.29) is 10.4 Å². The first-order chi connectivity index (χ1) is 15.7. The highest BCUT2D eigenvalue weighted by molar-refractivity contribution is 8.13. The second kappa shape index (κ2) is 8.10. The fourth-order valence-electron chi connectivity index (χ4n) is 4.60. The molecule has 1 atom stereocenters. The van der Waals surface area contributed by atoms with Crippen LogP contribution < -0.4 is 0 Å². The summed E-state index contributed by atoms with van der Waals surface area (Å²) in [7, 11) is 0. The molecule has 3 aromatic heterocycles. The number of aromatic nitrogens is 4. The van der Waals surface area contributed by atoms with Crippen LogP contribution in [0.15, 0.2) is 70.4 Å². The third-order valence-corrected chi connectivity index (χ3v) is 8.57. The van der Waals surface area contributed by atoms with E-state index in [0.717, 1.165) is 40.1 Å². The maximum atomic E-state index is 12.2. The van der Waals surface area contributed by atoms with E-state index in [4.69, 9.17) is 17.2 Å². The van der Waals surface area contributed by atoms with Crippen LogP contribution in [0.5, 0.6) is 0 Å². The molecular weight excluding hydrogens is 456 g/mol. The molecule has 0 fully saturated rings. The molecule has 0 bridgehead atoms. The highest BCUT2D eigenvalue weighted by atomic mass is 32.2. The average molecular weight is 475 g/mol. The Kier molecular flexibility index (Phi) is 5.08. The minimum atomic E-state index is 0.0898. The van der Waals surface area contributed by atoms with Gasteiger partial charge in [-0.05, 0) is 83.1 Å². The van der Waals surface area contributed by atoms with Crippen molar-refractivity contribution in [2.75, 3.05) is 0 Å². The number of hydrogen-bond acceptors (Lipinski definition) is 7. The molecule has 0 amide bonds. The Labute approximate surface area is 199 Å². The molecule has 1 unspecified atom stereocenters. The van der Waals surface area contributed by atoms with Crippen LogP contribution in [0, 0.1) is 4.64 Å². The summed E-state index contributed by atoms with van der Waals surface area (Å²) in [6, 6.07) is 8.23. The Balaban J connectivity index is 1.61. The fraction of sp³-hybridized carbons (Fsp3) is 0.208. The zero-order valence-corrected chi connectivity index (χ0v) is 19.5. The van der Waals surface area contributed by atoms with Gasteiger partial charge in [0.2, 0.25) is 5.12 Å². The van der Waals surface area contributed by atoms with Crippen LogP contribution >= 0.6 is 35.7 Å². The predicted octanol–water partition coefficient (Wildman–Crippen LogP) is 5.90. The number of carbonyl (C=O) groups is 1. The van der Waals surface area contributed by atoms with Gasteiger partial charge in [-0.15, -0.1) is 0 Å². The number of pyridine rings is 2.